The van der Waals surface area contributed by atoms with E-state index in [1.54, 1.807) is 0 Å². The Kier molecular flexibility index (Phi) is 6.75. The Labute approximate surface area is 214 Å². The SMILES string of the molecule is Cc1cc(C)c(N2C=[N+](C3CCC4CCCCC4C3[C@@H]3C4CCCCC4CC[C@@H]3O)CC2)c(C)c1. The third-order valence-electron chi connectivity index (χ3n) is 11.2. The van der Waals surface area contributed by atoms with Crippen LogP contribution in [0.1, 0.15) is 93.7 Å². The molecule has 0 aromatic heterocycles. The van der Waals surface area contributed by atoms with Crippen molar-refractivity contribution in [3.63, 3.8) is 0 Å². The molecular weight excluding hydrogens is 428 g/mol. The lowest BCUT2D eigenvalue weighted by Gasteiger charge is -2.54. The van der Waals surface area contributed by atoms with Crippen LogP contribution in [-0.2, 0) is 0 Å². The van der Waals surface area contributed by atoms with Gasteiger partial charge in [-0.25, -0.2) is 4.90 Å². The van der Waals surface area contributed by atoms with Gasteiger partial charge in [0.2, 0.25) is 6.34 Å². The number of hydrogen-bond donors (Lipinski definition) is 1. The summed E-state index contributed by atoms with van der Waals surface area (Å²) in [6.45, 7) is 9.02. The van der Waals surface area contributed by atoms with Gasteiger partial charge in [-0.3, -0.25) is 4.58 Å². The molecule has 35 heavy (non-hydrogen) atoms. The Morgan fingerprint density at radius 1 is 0.743 bits per heavy atom. The number of fused-ring (bicyclic) bond motifs is 2. The van der Waals surface area contributed by atoms with Gasteiger partial charge in [0, 0.05) is 5.92 Å². The third-order valence-corrected chi connectivity index (χ3v) is 11.2. The highest BCUT2D eigenvalue weighted by atomic mass is 16.3. The summed E-state index contributed by atoms with van der Waals surface area (Å²) in [7, 11) is 0. The molecule has 6 unspecified atom stereocenters. The molecule has 4 saturated carbocycles. The molecule has 1 N–H and O–H groups in total. The van der Waals surface area contributed by atoms with Gasteiger partial charge in [0.25, 0.3) is 0 Å². The van der Waals surface area contributed by atoms with E-state index in [-0.39, 0.29) is 6.10 Å². The van der Waals surface area contributed by atoms with Crippen LogP contribution in [-0.4, -0.2) is 41.3 Å². The van der Waals surface area contributed by atoms with Gasteiger partial charge < -0.3 is 5.11 Å². The van der Waals surface area contributed by atoms with Crippen LogP contribution in [0.4, 0.5) is 5.69 Å². The Hall–Kier alpha value is -1.35. The summed E-state index contributed by atoms with van der Waals surface area (Å²) in [5, 5.41) is 11.6. The van der Waals surface area contributed by atoms with Crippen molar-refractivity contribution < 1.29 is 9.68 Å². The first kappa shape index (κ1) is 24.0. The molecule has 4 aliphatic carbocycles. The van der Waals surface area contributed by atoms with Crippen LogP contribution in [0.5, 0.6) is 0 Å². The van der Waals surface area contributed by atoms with Crippen LogP contribution < -0.4 is 4.90 Å². The van der Waals surface area contributed by atoms with E-state index < -0.39 is 0 Å². The second-order valence-corrected chi connectivity index (χ2v) is 13.2. The molecule has 1 aliphatic heterocycles. The molecule has 0 amide bonds. The number of benzene rings is 1. The van der Waals surface area contributed by atoms with Crippen molar-refractivity contribution >= 4 is 12.0 Å². The van der Waals surface area contributed by atoms with Crippen molar-refractivity contribution in [2.24, 2.45) is 35.5 Å². The molecule has 0 bridgehead atoms. The molecule has 1 aromatic rings. The van der Waals surface area contributed by atoms with Crippen molar-refractivity contribution in [2.75, 3.05) is 18.0 Å². The summed E-state index contributed by atoms with van der Waals surface area (Å²) < 4.78 is 2.76. The molecule has 3 heteroatoms. The highest BCUT2D eigenvalue weighted by molar-refractivity contribution is 5.81. The monoisotopic (exact) mass is 477 g/mol. The van der Waals surface area contributed by atoms with Crippen LogP contribution in [0.25, 0.3) is 0 Å². The smallest absolute Gasteiger partial charge is 0.239 e. The van der Waals surface area contributed by atoms with Crippen molar-refractivity contribution in [3.05, 3.63) is 28.8 Å². The number of aliphatic hydroxyl groups is 1. The lowest BCUT2D eigenvalue weighted by atomic mass is 9.52. The number of aliphatic hydroxyl groups excluding tert-OH is 1. The van der Waals surface area contributed by atoms with Crippen LogP contribution in [0.15, 0.2) is 12.1 Å². The quantitative estimate of drug-likeness (QED) is 0.494. The minimum absolute atomic E-state index is 0.0668. The molecule has 1 heterocycles. The predicted octanol–water partition coefficient (Wildman–Crippen LogP) is 6.63. The van der Waals surface area contributed by atoms with E-state index >= 15 is 0 Å². The van der Waals surface area contributed by atoms with Crippen LogP contribution in [0.3, 0.4) is 0 Å². The standard InChI is InChI=1S/C32H49N2O/c1-21-18-22(2)32(23(3)19-21)34-17-16-33(20-34)28-14-12-24-8-4-6-10-26(24)30(28)31-27-11-7-5-9-25(27)13-15-29(31)35/h18-20,24-31,35H,4-17H2,1-3H3/q+1/t24?,25?,26?,27?,28?,29-,30?,31+/m0/s1. The summed E-state index contributed by atoms with van der Waals surface area (Å²) >= 11 is 0. The van der Waals surface area contributed by atoms with Crippen molar-refractivity contribution in [3.8, 4) is 0 Å². The van der Waals surface area contributed by atoms with Gasteiger partial charge in [-0.05, 0) is 100 Å². The first-order valence-corrected chi connectivity index (χ1v) is 15.1. The fourth-order valence-corrected chi connectivity index (χ4v) is 9.96. The molecule has 0 radical (unpaired) electrons. The normalized spacial score (nSPS) is 39.7. The average molecular weight is 478 g/mol. The zero-order valence-electron chi connectivity index (χ0n) is 22.6. The molecule has 0 spiro atoms. The van der Waals surface area contributed by atoms with E-state index in [1.165, 1.54) is 93.0 Å². The van der Waals surface area contributed by atoms with Crippen molar-refractivity contribution in [1.82, 2.24) is 0 Å². The number of nitrogens with zero attached hydrogens (tertiary/aromatic N) is 2. The first-order valence-electron chi connectivity index (χ1n) is 15.1. The summed E-state index contributed by atoms with van der Waals surface area (Å²) in [4.78, 5) is 2.55. The van der Waals surface area contributed by atoms with E-state index in [2.05, 4.69) is 48.7 Å². The molecule has 3 nitrogen and oxygen atoms in total. The summed E-state index contributed by atoms with van der Waals surface area (Å²) in [5.41, 5.74) is 5.59. The molecular formula is C32H49N2O+. The van der Waals surface area contributed by atoms with Gasteiger partial charge >= 0.3 is 0 Å². The van der Waals surface area contributed by atoms with Gasteiger partial charge in [-0.1, -0.05) is 56.2 Å². The fraction of sp³-hybridized carbons (Fsp3) is 0.781. The highest BCUT2D eigenvalue weighted by Crippen LogP contribution is 2.55. The van der Waals surface area contributed by atoms with Gasteiger partial charge in [0.1, 0.15) is 18.8 Å². The molecule has 192 valence electrons. The van der Waals surface area contributed by atoms with Gasteiger partial charge in [0.15, 0.2) is 0 Å². The number of aryl methyl sites for hydroxylation is 3. The van der Waals surface area contributed by atoms with E-state index in [1.807, 2.05) is 0 Å². The van der Waals surface area contributed by atoms with Crippen LogP contribution in [0.2, 0.25) is 0 Å². The average Bonchev–Trinajstić information content (AvgIpc) is 3.32. The largest absolute Gasteiger partial charge is 0.393 e. The van der Waals surface area contributed by atoms with Gasteiger partial charge in [0.05, 0.1) is 12.1 Å². The Morgan fingerprint density at radius 2 is 1.34 bits per heavy atom. The molecule has 6 rings (SSSR count). The number of anilines is 1. The molecule has 4 fully saturated rings. The fourth-order valence-electron chi connectivity index (χ4n) is 9.96. The summed E-state index contributed by atoms with van der Waals surface area (Å²) in [5.74, 6) is 4.65. The third kappa shape index (κ3) is 4.38. The number of hydrogen-bond acceptors (Lipinski definition) is 2. The van der Waals surface area contributed by atoms with Crippen LogP contribution in [0, 0.1) is 56.3 Å². The Balaban J connectivity index is 1.35. The molecule has 1 aromatic carbocycles. The lowest BCUT2D eigenvalue weighted by molar-refractivity contribution is -0.572. The van der Waals surface area contributed by atoms with Gasteiger partial charge in [-0.2, -0.15) is 0 Å². The first-order chi connectivity index (χ1) is 17.0. The number of rotatable bonds is 3. The summed E-state index contributed by atoms with van der Waals surface area (Å²) in [6.07, 6.45) is 18.9. The van der Waals surface area contributed by atoms with Crippen molar-refractivity contribution in [2.45, 2.75) is 110 Å². The molecule has 0 saturated heterocycles. The van der Waals surface area contributed by atoms with E-state index in [0.717, 1.165) is 43.2 Å². The topological polar surface area (TPSA) is 26.5 Å². The van der Waals surface area contributed by atoms with E-state index in [0.29, 0.717) is 17.9 Å². The van der Waals surface area contributed by atoms with Gasteiger partial charge in [-0.15, -0.1) is 0 Å². The van der Waals surface area contributed by atoms with Crippen molar-refractivity contribution in [1.29, 1.82) is 0 Å². The van der Waals surface area contributed by atoms with Crippen LogP contribution >= 0.6 is 0 Å². The zero-order valence-corrected chi connectivity index (χ0v) is 22.6. The molecule has 8 atom stereocenters. The maximum absolute atomic E-state index is 11.6. The van der Waals surface area contributed by atoms with E-state index in [4.69, 9.17) is 0 Å². The Morgan fingerprint density at radius 3 is 2.03 bits per heavy atom. The minimum Gasteiger partial charge on any atom is -0.393 e. The zero-order chi connectivity index (χ0) is 24.1. The minimum atomic E-state index is -0.0668. The molecule has 5 aliphatic rings. The second-order valence-electron chi connectivity index (χ2n) is 13.2. The highest BCUT2D eigenvalue weighted by Gasteiger charge is 2.53. The van der Waals surface area contributed by atoms with E-state index in [9.17, 15) is 5.11 Å². The summed E-state index contributed by atoms with van der Waals surface area (Å²) in [6, 6.07) is 5.30. The lowest BCUT2D eigenvalue weighted by Crippen LogP contribution is -2.55. The Bertz CT molecular complexity index is 930. The predicted molar refractivity (Wildman–Crippen MR) is 145 cm³/mol. The second kappa shape index (κ2) is 9.84. The maximum atomic E-state index is 11.6. The maximum Gasteiger partial charge on any atom is 0.239 e.